The van der Waals surface area contributed by atoms with E-state index in [0.29, 0.717) is 6.42 Å². The van der Waals surface area contributed by atoms with E-state index < -0.39 is 48.6 Å². The Kier molecular flexibility index (Phi) is 13.5. The van der Waals surface area contributed by atoms with Crippen LogP contribution in [0, 0.1) is 5.92 Å². The molecule has 14 heteroatoms. The molecule has 0 spiro atoms. The fourth-order valence-corrected chi connectivity index (χ4v) is 3.67. The van der Waals surface area contributed by atoms with Gasteiger partial charge in [-0.1, -0.05) is 13.0 Å². The van der Waals surface area contributed by atoms with Gasteiger partial charge in [-0.05, 0) is 31.7 Å². The lowest BCUT2D eigenvalue weighted by atomic mass is 9.87. The van der Waals surface area contributed by atoms with Crippen molar-refractivity contribution >= 4 is 0 Å². The number of aliphatic hydroxyl groups is 7. The summed E-state index contributed by atoms with van der Waals surface area (Å²) in [6, 6.07) is -0.838. The molecule has 1 fully saturated rings. The molecule has 4 unspecified atom stereocenters. The van der Waals surface area contributed by atoms with Gasteiger partial charge in [0.1, 0.15) is 23.3 Å². The molecule has 0 amide bonds. The fraction of sp³-hybridized carbons (Fsp3) is 0.727. The van der Waals surface area contributed by atoms with E-state index in [1.54, 1.807) is 6.92 Å². The molecule has 210 valence electrons. The second-order valence-electron chi connectivity index (χ2n) is 8.99. The standard InChI is InChI=1S/C22H43N5O9/c1-10(9-23)6-15(29)18(31)22(34)36-21(33)17(27-2)14(28)5-3-4-12(25)20(32)35-19-13(26)7-11(24)8-16(19)30/h4,10-11,13,16,19-22,27-34H,3,5-9,23-26H2,1-2H3/b12-4+,17-14+,18-15-/t10?,11-,13?,16?,19-,20-,21?,22-/m1/s1. The molecule has 36 heavy (non-hydrogen) atoms. The number of likely N-dealkylation sites (N-methyl/N-ethyl adjacent to an activating group) is 1. The Balaban J connectivity index is 2.72. The number of hydrogen-bond acceptors (Lipinski definition) is 14. The topological polar surface area (TPSA) is 276 Å². The van der Waals surface area contributed by atoms with Crippen LogP contribution in [-0.2, 0) is 9.47 Å². The second kappa shape index (κ2) is 15.2. The number of aliphatic hydroxyl groups excluding tert-OH is 7. The predicted molar refractivity (Wildman–Crippen MR) is 131 cm³/mol. The van der Waals surface area contributed by atoms with Crippen LogP contribution in [0.25, 0.3) is 0 Å². The van der Waals surface area contributed by atoms with Crippen molar-refractivity contribution in [1.29, 1.82) is 0 Å². The van der Waals surface area contributed by atoms with Gasteiger partial charge in [0, 0.05) is 32.0 Å². The summed E-state index contributed by atoms with van der Waals surface area (Å²) in [5.74, 6) is -1.97. The van der Waals surface area contributed by atoms with Crippen molar-refractivity contribution in [2.45, 2.75) is 82.2 Å². The van der Waals surface area contributed by atoms with E-state index in [2.05, 4.69) is 5.32 Å². The first-order valence-corrected chi connectivity index (χ1v) is 11.7. The zero-order valence-corrected chi connectivity index (χ0v) is 20.7. The number of rotatable bonds is 14. The predicted octanol–water partition coefficient (Wildman–Crippen LogP) is -1.92. The van der Waals surface area contributed by atoms with E-state index in [1.807, 2.05) is 0 Å². The van der Waals surface area contributed by atoms with Crippen molar-refractivity contribution in [3.05, 3.63) is 34.7 Å². The molecule has 0 saturated heterocycles. The van der Waals surface area contributed by atoms with E-state index in [0.717, 1.165) is 0 Å². The molecule has 0 heterocycles. The highest BCUT2D eigenvalue weighted by Gasteiger charge is 2.36. The van der Waals surface area contributed by atoms with Gasteiger partial charge in [0.15, 0.2) is 12.0 Å². The number of nitrogens with two attached hydrogens (primary N) is 4. The van der Waals surface area contributed by atoms with E-state index >= 15 is 0 Å². The van der Waals surface area contributed by atoms with Crippen LogP contribution < -0.4 is 28.3 Å². The van der Waals surface area contributed by atoms with Crippen molar-refractivity contribution in [3.8, 4) is 0 Å². The summed E-state index contributed by atoms with van der Waals surface area (Å²) in [4.78, 5) is 0. The normalized spacial score (nSPS) is 28.0. The minimum atomic E-state index is -2.07. The highest BCUT2D eigenvalue weighted by atomic mass is 16.7. The molecule has 0 aromatic carbocycles. The Bertz CT molecular complexity index is 767. The summed E-state index contributed by atoms with van der Waals surface area (Å²) in [6.45, 7) is 1.96. The first kappa shape index (κ1) is 31.9. The minimum absolute atomic E-state index is 0.0126. The number of allylic oxidation sites excluding steroid dienone is 3. The van der Waals surface area contributed by atoms with Crippen LogP contribution in [0.2, 0.25) is 0 Å². The molecular formula is C22H43N5O9. The molecule has 1 aliphatic rings. The van der Waals surface area contributed by atoms with Gasteiger partial charge < -0.3 is 73.5 Å². The number of ether oxygens (including phenoxy) is 2. The van der Waals surface area contributed by atoms with Crippen molar-refractivity contribution in [1.82, 2.24) is 5.32 Å². The first-order chi connectivity index (χ1) is 16.8. The molecule has 0 bridgehead atoms. The Morgan fingerprint density at radius 2 is 1.69 bits per heavy atom. The third-order valence-corrected chi connectivity index (χ3v) is 5.81. The maximum absolute atomic E-state index is 10.3. The summed E-state index contributed by atoms with van der Waals surface area (Å²) in [5.41, 5.74) is 22.7. The summed E-state index contributed by atoms with van der Waals surface area (Å²) in [7, 11) is 1.38. The van der Waals surface area contributed by atoms with Crippen LogP contribution in [0.3, 0.4) is 0 Å². The smallest absolute Gasteiger partial charge is 0.220 e. The SMILES string of the molecule is CN/C(=C(/O)CC/C=C(/N)[C@H](O)O[C@@H]1C(N)C[C@@H](N)CC1O)C(O)O[C@@H](O)/C(O)=C(/O)CC(C)CN. The lowest BCUT2D eigenvalue weighted by Gasteiger charge is -2.37. The van der Waals surface area contributed by atoms with Crippen molar-refractivity contribution in [3.63, 3.8) is 0 Å². The molecule has 0 radical (unpaired) electrons. The minimum Gasteiger partial charge on any atom is -0.510 e. The average Bonchev–Trinajstić information content (AvgIpc) is 2.80. The van der Waals surface area contributed by atoms with Gasteiger partial charge in [-0.2, -0.15) is 0 Å². The summed E-state index contributed by atoms with van der Waals surface area (Å²) < 4.78 is 10.3. The number of hydrogen-bond donors (Lipinski definition) is 12. The Morgan fingerprint density at radius 1 is 1.06 bits per heavy atom. The van der Waals surface area contributed by atoms with Crippen LogP contribution in [0.15, 0.2) is 34.7 Å². The molecule has 1 rings (SSSR count). The van der Waals surface area contributed by atoms with Crippen LogP contribution in [0.4, 0.5) is 0 Å². The third kappa shape index (κ3) is 9.72. The summed E-state index contributed by atoms with van der Waals surface area (Å²) in [5, 5.41) is 73.1. The maximum atomic E-state index is 10.3. The van der Waals surface area contributed by atoms with Gasteiger partial charge in [-0.25, -0.2) is 0 Å². The molecule has 1 aliphatic carbocycles. The molecule has 16 N–H and O–H groups in total. The summed E-state index contributed by atoms with van der Waals surface area (Å²) >= 11 is 0. The van der Waals surface area contributed by atoms with Crippen LogP contribution in [-0.4, -0.2) is 92.5 Å². The average molecular weight is 522 g/mol. The second-order valence-corrected chi connectivity index (χ2v) is 8.99. The monoisotopic (exact) mass is 521 g/mol. The van der Waals surface area contributed by atoms with E-state index in [4.69, 9.17) is 32.4 Å². The van der Waals surface area contributed by atoms with E-state index in [-0.39, 0.29) is 61.3 Å². The van der Waals surface area contributed by atoms with Gasteiger partial charge in [0.05, 0.1) is 11.8 Å². The lowest BCUT2D eigenvalue weighted by molar-refractivity contribution is -0.189. The van der Waals surface area contributed by atoms with Gasteiger partial charge in [0.25, 0.3) is 0 Å². The molecule has 8 atom stereocenters. The Labute approximate surface area is 210 Å². The zero-order valence-electron chi connectivity index (χ0n) is 20.7. The number of nitrogens with one attached hydrogen (secondary N) is 1. The molecule has 0 aliphatic heterocycles. The maximum Gasteiger partial charge on any atom is 0.220 e. The van der Waals surface area contributed by atoms with Gasteiger partial charge in [-0.3, -0.25) is 0 Å². The molecule has 14 nitrogen and oxygen atoms in total. The highest BCUT2D eigenvalue weighted by molar-refractivity contribution is 5.11. The van der Waals surface area contributed by atoms with Crippen molar-refractivity contribution in [2.75, 3.05) is 13.6 Å². The third-order valence-electron chi connectivity index (χ3n) is 5.81. The molecule has 0 aromatic rings. The highest BCUT2D eigenvalue weighted by Crippen LogP contribution is 2.22. The quantitative estimate of drug-likeness (QED) is 0.0876. The molecule has 0 aromatic heterocycles. The Morgan fingerprint density at radius 3 is 2.25 bits per heavy atom. The zero-order chi connectivity index (χ0) is 27.6. The molecule has 1 saturated carbocycles. The van der Waals surface area contributed by atoms with E-state index in [9.17, 15) is 35.7 Å². The van der Waals surface area contributed by atoms with Crippen LogP contribution in [0.5, 0.6) is 0 Å². The fourth-order valence-electron chi connectivity index (χ4n) is 3.67. The van der Waals surface area contributed by atoms with Crippen molar-refractivity contribution in [2.24, 2.45) is 28.9 Å². The lowest BCUT2D eigenvalue weighted by Crippen LogP contribution is -2.55. The first-order valence-electron chi connectivity index (χ1n) is 11.7. The van der Waals surface area contributed by atoms with Crippen LogP contribution in [0.1, 0.15) is 39.0 Å². The largest absolute Gasteiger partial charge is 0.510 e. The van der Waals surface area contributed by atoms with Gasteiger partial charge >= 0.3 is 0 Å². The van der Waals surface area contributed by atoms with Crippen molar-refractivity contribution < 1.29 is 45.2 Å². The molecular weight excluding hydrogens is 478 g/mol. The van der Waals surface area contributed by atoms with Gasteiger partial charge in [-0.15, -0.1) is 0 Å². The Hall–Kier alpha value is -2.14. The van der Waals surface area contributed by atoms with Gasteiger partial charge in [0.2, 0.25) is 12.6 Å². The summed E-state index contributed by atoms with van der Waals surface area (Å²) in [6.07, 6.45) is -5.20. The van der Waals surface area contributed by atoms with Crippen LogP contribution >= 0.6 is 0 Å². The van der Waals surface area contributed by atoms with E-state index in [1.165, 1.54) is 13.1 Å².